The summed E-state index contributed by atoms with van der Waals surface area (Å²) in [5.41, 5.74) is 6.80. The number of aryl methyl sites for hydroxylation is 2. The van der Waals surface area contributed by atoms with Crippen LogP contribution in [-0.2, 0) is 19.2 Å². The van der Waals surface area contributed by atoms with Crippen molar-refractivity contribution in [1.29, 1.82) is 0 Å². The van der Waals surface area contributed by atoms with Gasteiger partial charge in [-0.2, -0.15) is 12.1 Å². The summed E-state index contributed by atoms with van der Waals surface area (Å²) in [6.45, 7) is 8.81. The van der Waals surface area contributed by atoms with E-state index in [-0.39, 0.29) is 39.7 Å². The summed E-state index contributed by atoms with van der Waals surface area (Å²) in [5.74, 6) is 0.616. The first-order valence-electron chi connectivity index (χ1n) is 12.1. The van der Waals surface area contributed by atoms with E-state index in [2.05, 4.69) is 138 Å². The molecule has 6 aromatic carbocycles. The first-order valence-corrected chi connectivity index (χ1v) is 14.9. The van der Waals surface area contributed by atoms with Gasteiger partial charge in [-0.25, -0.2) is 0 Å². The maximum absolute atomic E-state index is 2.97. The fourth-order valence-corrected chi connectivity index (χ4v) is 4.99. The summed E-state index contributed by atoms with van der Waals surface area (Å²) in [5, 5.41) is 8.10. The Hall–Kier alpha value is -2.13. The molecule has 0 aliphatic rings. The molecule has 39 heavy (non-hydrogen) atoms. The molecule has 0 aromatic heterocycles. The Bertz CT molecular complexity index is 1590. The third-order valence-electron chi connectivity index (χ3n) is 6.53. The Labute approximate surface area is 261 Å². The van der Waals surface area contributed by atoms with E-state index in [0.717, 1.165) is 0 Å². The summed E-state index contributed by atoms with van der Waals surface area (Å²) in [6.07, 6.45) is 0. The second kappa shape index (κ2) is 16.9. The summed E-state index contributed by atoms with van der Waals surface area (Å²) < 4.78 is 0. The van der Waals surface area contributed by atoms with Gasteiger partial charge >= 0.3 is 26.8 Å². The number of fused-ring (bicyclic) bond motifs is 3. The van der Waals surface area contributed by atoms with E-state index < -0.39 is 0 Å². The quantitative estimate of drug-likeness (QED) is 0.136. The van der Waals surface area contributed by atoms with Crippen LogP contribution in [0.4, 0.5) is 0 Å². The topological polar surface area (TPSA) is 0 Å². The van der Waals surface area contributed by atoms with E-state index in [1.54, 1.807) is 19.2 Å². The van der Waals surface area contributed by atoms with Crippen LogP contribution >= 0.6 is 24.8 Å². The first-order chi connectivity index (χ1) is 17.0. The molecule has 204 valence electrons. The average molecular weight is 606 g/mol. The normalized spacial score (nSPS) is 9.64. The molecule has 0 unspecified atom stereocenters. The Balaban J connectivity index is 0.000000675. The Kier molecular flexibility index (Phi) is 15.9. The zero-order valence-corrected chi connectivity index (χ0v) is 27.9. The monoisotopic (exact) mass is 604 g/mol. The van der Waals surface area contributed by atoms with Gasteiger partial charge in [0.15, 0.2) is 0 Å². The number of hydrogen-bond acceptors (Lipinski definition) is 0. The molecule has 0 aliphatic carbocycles. The van der Waals surface area contributed by atoms with Gasteiger partial charge in [-0.05, 0) is 22.3 Å². The van der Waals surface area contributed by atoms with Crippen LogP contribution in [0.25, 0.3) is 43.4 Å². The fourth-order valence-electron chi connectivity index (χ4n) is 4.99. The van der Waals surface area contributed by atoms with E-state index >= 15 is 0 Å². The van der Waals surface area contributed by atoms with E-state index in [9.17, 15) is 0 Å². The van der Waals surface area contributed by atoms with Crippen LogP contribution in [0.3, 0.4) is 0 Å². The van der Waals surface area contributed by atoms with E-state index in [1.165, 1.54) is 60.1 Å². The van der Waals surface area contributed by atoms with Gasteiger partial charge in [-0.1, -0.05) is 93.4 Å². The molecule has 6 aromatic rings. The van der Waals surface area contributed by atoms with Gasteiger partial charge in [0, 0.05) is 0 Å². The number of rotatable bonds is 2. The second-order valence-corrected chi connectivity index (χ2v) is 9.41. The SMILES string of the molecule is Cc1cc2c(-c3cccc4ccccc34)cccc2[cH-]1.Cc1cc2c(C(C)C)cccc2[cH-]1.Cl.Cl.[CH3-].[CH3-].[Si]=[Ti]. The van der Waals surface area contributed by atoms with Crippen molar-refractivity contribution in [2.75, 3.05) is 0 Å². The summed E-state index contributed by atoms with van der Waals surface area (Å²) in [6, 6.07) is 37.3. The van der Waals surface area contributed by atoms with Crippen molar-refractivity contribution in [3.05, 3.63) is 135 Å². The standard InChI is InChI=1S/C20H15.C13H15.2CH3.2ClH.Si.Ti/c1-14-12-16-8-5-11-19(20(16)13-14)18-10-4-7-15-6-2-3-9-17(15)18;1-9(2)12-6-4-5-11-7-10(3)8-13(11)12;;;;;;/h2-13H,1H3;4-9H,1-3H3;2*1H3;2*1H;;/q4*-1;;;;. The zero-order valence-electron chi connectivity index (χ0n) is 23.7. The molecule has 0 N–H and O–H groups in total. The van der Waals surface area contributed by atoms with Crippen molar-refractivity contribution >= 4 is 64.8 Å². The van der Waals surface area contributed by atoms with Crippen LogP contribution in [0.1, 0.15) is 36.5 Å². The van der Waals surface area contributed by atoms with Crippen LogP contribution in [-0.4, -0.2) is 7.63 Å². The van der Waals surface area contributed by atoms with Gasteiger partial charge in [0.1, 0.15) is 0 Å². The molecule has 0 fully saturated rings. The van der Waals surface area contributed by atoms with E-state index in [1.807, 2.05) is 0 Å². The van der Waals surface area contributed by atoms with Crippen molar-refractivity contribution in [1.82, 2.24) is 0 Å². The molecule has 0 spiro atoms. The van der Waals surface area contributed by atoms with Crippen LogP contribution in [0.5, 0.6) is 0 Å². The number of hydrogen-bond donors (Lipinski definition) is 0. The van der Waals surface area contributed by atoms with Crippen LogP contribution < -0.4 is 0 Å². The molecule has 0 saturated heterocycles. The molecule has 0 saturated carbocycles. The van der Waals surface area contributed by atoms with Gasteiger partial charge in [-0.3, -0.25) is 0 Å². The second-order valence-electron chi connectivity index (χ2n) is 9.41. The molecule has 6 rings (SSSR count). The molecule has 0 heterocycles. The van der Waals surface area contributed by atoms with E-state index in [4.69, 9.17) is 0 Å². The molecular weight excluding hydrogens is 567 g/mol. The predicted molar refractivity (Wildman–Crippen MR) is 179 cm³/mol. The van der Waals surface area contributed by atoms with Crippen LogP contribution in [0, 0.1) is 28.7 Å². The molecule has 2 radical (unpaired) electrons. The summed E-state index contributed by atoms with van der Waals surface area (Å²) in [4.78, 5) is 0. The summed E-state index contributed by atoms with van der Waals surface area (Å²) >= 11 is 1.81. The molecule has 0 atom stereocenters. The van der Waals surface area contributed by atoms with Gasteiger partial charge in [0.2, 0.25) is 0 Å². The summed E-state index contributed by atoms with van der Waals surface area (Å²) in [7, 11) is 2.97. The fraction of sp³-hybridized carbons (Fsp3) is 0.143. The van der Waals surface area contributed by atoms with Crippen molar-refractivity contribution in [2.45, 2.75) is 33.6 Å². The average Bonchev–Trinajstić information content (AvgIpc) is 3.45. The minimum atomic E-state index is 0. The molecule has 0 nitrogen and oxygen atoms in total. The van der Waals surface area contributed by atoms with Crippen molar-refractivity contribution in [3.8, 4) is 11.1 Å². The zero-order chi connectivity index (χ0) is 24.9. The predicted octanol–water partition coefficient (Wildman–Crippen LogP) is 11.0. The van der Waals surface area contributed by atoms with Crippen LogP contribution in [0.2, 0.25) is 0 Å². The van der Waals surface area contributed by atoms with E-state index in [0.29, 0.717) is 5.92 Å². The Morgan fingerprint density at radius 1 is 0.590 bits per heavy atom. The van der Waals surface area contributed by atoms with Crippen LogP contribution in [0.15, 0.2) is 103 Å². The van der Waals surface area contributed by atoms with Gasteiger partial charge in [-0.15, -0.1) is 93.9 Å². The molecule has 0 bridgehead atoms. The molecular formula is C35H38Cl2SiTi-4. The maximum atomic E-state index is 2.97. The third-order valence-corrected chi connectivity index (χ3v) is 6.53. The van der Waals surface area contributed by atoms with Crippen molar-refractivity contribution in [3.63, 3.8) is 0 Å². The van der Waals surface area contributed by atoms with Crippen molar-refractivity contribution in [2.24, 2.45) is 0 Å². The van der Waals surface area contributed by atoms with Gasteiger partial charge in [0.05, 0.1) is 0 Å². The molecule has 0 aliphatic heterocycles. The van der Waals surface area contributed by atoms with Gasteiger partial charge in [0.25, 0.3) is 0 Å². The third kappa shape index (κ3) is 8.19. The first kappa shape index (κ1) is 36.9. The Morgan fingerprint density at radius 2 is 1.05 bits per heavy atom. The number of benzene rings is 4. The minimum absolute atomic E-state index is 0. The number of halogens is 2. The Morgan fingerprint density at radius 3 is 1.67 bits per heavy atom. The molecule has 0 amide bonds. The molecule has 4 heteroatoms. The van der Waals surface area contributed by atoms with Gasteiger partial charge < -0.3 is 14.9 Å². The van der Waals surface area contributed by atoms with Crippen molar-refractivity contribution < 1.29 is 19.2 Å².